The first kappa shape index (κ1) is 26.1. The van der Waals surface area contributed by atoms with E-state index >= 15 is 0 Å². The van der Waals surface area contributed by atoms with E-state index in [0.29, 0.717) is 23.2 Å². The van der Waals surface area contributed by atoms with Crippen LogP contribution in [-0.2, 0) is 21.4 Å². The molecule has 34 heavy (non-hydrogen) atoms. The number of aromatic nitrogens is 1. The Morgan fingerprint density at radius 1 is 1.12 bits per heavy atom. The predicted octanol–water partition coefficient (Wildman–Crippen LogP) is 5.03. The first-order chi connectivity index (χ1) is 15.9. The highest BCUT2D eigenvalue weighted by molar-refractivity contribution is 7.90. The summed E-state index contributed by atoms with van der Waals surface area (Å²) in [5.74, 6) is -2.09. The molecule has 2 heterocycles. The van der Waals surface area contributed by atoms with Crippen LogP contribution in [0.3, 0.4) is 0 Å². The number of aliphatic carboxylic acids is 1. The number of alkyl halides is 3. The molecule has 1 aliphatic rings. The van der Waals surface area contributed by atoms with Crippen LogP contribution in [0.5, 0.6) is 5.75 Å². The summed E-state index contributed by atoms with van der Waals surface area (Å²) in [5, 5.41) is 7.95. The van der Waals surface area contributed by atoms with E-state index in [4.69, 9.17) is 37.8 Å². The monoisotopic (exact) mass is 538 g/mol. The molecule has 0 radical (unpaired) electrons. The average molecular weight is 539 g/mol. The summed E-state index contributed by atoms with van der Waals surface area (Å²) in [4.78, 5) is 11.3. The van der Waals surface area contributed by atoms with Crippen LogP contribution >= 0.6 is 23.2 Å². The van der Waals surface area contributed by atoms with E-state index in [1.807, 2.05) is 0 Å². The third-order valence-corrected chi connectivity index (χ3v) is 7.77. The SMILES string of the molecule is COc1ccc2c(c(Cl)c(Cl)n2S(=O)(=O)c2ccccc2)c1CN1CCC1.O=C(O)C(F)(F)F. The summed E-state index contributed by atoms with van der Waals surface area (Å²) in [6.07, 6.45) is -3.93. The number of halogens is 5. The van der Waals surface area contributed by atoms with Gasteiger partial charge in [-0.2, -0.15) is 13.2 Å². The number of benzene rings is 2. The third-order valence-electron chi connectivity index (χ3n) is 5.12. The fraction of sp³-hybridized carbons (Fsp3) is 0.286. The maximum atomic E-state index is 13.2. The number of carboxylic acids is 1. The minimum Gasteiger partial charge on any atom is -0.496 e. The van der Waals surface area contributed by atoms with Crippen molar-refractivity contribution in [2.24, 2.45) is 0 Å². The van der Waals surface area contributed by atoms with Gasteiger partial charge in [-0.3, -0.25) is 4.90 Å². The van der Waals surface area contributed by atoms with Crippen LogP contribution in [0.1, 0.15) is 12.0 Å². The quantitative estimate of drug-likeness (QED) is 0.490. The van der Waals surface area contributed by atoms with Crippen molar-refractivity contribution in [3.63, 3.8) is 0 Å². The molecule has 2 aromatic carbocycles. The maximum absolute atomic E-state index is 13.2. The van der Waals surface area contributed by atoms with Crippen LogP contribution in [0.4, 0.5) is 13.2 Å². The highest BCUT2D eigenvalue weighted by atomic mass is 35.5. The molecule has 0 unspecified atom stereocenters. The molecular weight excluding hydrogens is 520 g/mol. The van der Waals surface area contributed by atoms with Gasteiger partial charge >= 0.3 is 12.1 Å². The molecule has 1 fully saturated rings. The lowest BCUT2D eigenvalue weighted by atomic mass is 10.1. The van der Waals surface area contributed by atoms with Crippen LogP contribution in [-0.4, -0.2) is 54.7 Å². The Morgan fingerprint density at radius 3 is 2.18 bits per heavy atom. The number of rotatable bonds is 5. The highest BCUT2D eigenvalue weighted by Crippen LogP contribution is 2.42. The standard InChI is InChI=1S/C19H18Cl2N2O3S.C2HF3O2/c1-26-16-9-8-15-17(14(16)12-22-10-5-11-22)18(20)19(21)23(15)27(24,25)13-6-3-2-4-7-13;3-2(4,5)1(6)7/h2-4,6-9H,5,10-12H2,1H3;(H,6,7). The molecule has 0 spiro atoms. The highest BCUT2D eigenvalue weighted by Gasteiger charge is 2.38. The molecule has 13 heteroatoms. The van der Waals surface area contributed by atoms with E-state index in [1.54, 1.807) is 37.4 Å². The zero-order valence-corrected chi connectivity index (χ0v) is 20.0. The van der Waals surface area contributed by atoms with Gasteiger partial charge in [0.1, 0.15) is 10.9 Å². The topological polar surface area (TPSA) is 88.8 Å². The molecule has 1 saturated heterocycles. The summed E-state index contributed by atoms with van der Waals surface area (Å²) in [6, 6.07) is 11.6. The molecule has 0 saturated carbocycles. The van der Waals surface area contributed by atoms with Gasteiger partial charge in [0.05, 0.1) is 22.5 Å². The lowest BCUT2D eigenvalue weighted by Crippen LogP contribution is -2.36. The first-order valence-corrected chi connectivity index (χ1v) is 12.0. The molecule has 3 aromatic rings. The third kappa shape index (κ3) is 5.12. The number of methoxy groups -OCH3 is 1. The van der Waals surface area contributed by atoms with Gasteiger partial charge < -0.3 is 9.84 Å². The Bertz CT molecular complexity index is 1310. The van der Waals surface area contributed by atoms with E-state index in [9.17, 15) is 21.6 Å². The molecule has 1 N–H and O–H groups in total. The number of hydrogen-bond acceptors (Lipinski definition) is 5. The average Bonchev–Trinajstić information content (AvgIpc) is 3.02. The second-order valence-corrected chi connectivity index (χ2v) is 9.78. The lowest BCUT2D eigenvalue weighted by Gasteiger charge is -2.31. The second kappa shape index (κ2) is 10.0. The molecule has 184 valence electrons. The first-order valence-electron chi connectivity index (χ1n) is 9.78. The van der Waals surface area contributed by atoms with Gasteiger partial charge in [0.25, 0.3) is 10.0 Å². The number of nitrogens with zero attached hydrogens (tertiary/aromatic N) is 2. The van der Waals surface area contributed by atoms with E-state index in [2.05, 4.69) is 4.90 Å². The van der Waals surface area contributed by atoms with Crippen LogP contribution < -0.4 is 4.74 Å². The normalized spacial score (nSPS) is 14.3. The zero-order valence-electron chi connectivity index (χ0n) is 17.6. The number of carboxylic acid groups (broad SMARTS) is 1. The van der Waals surface area contributed by atoms with Crippen LogP contribution in [0, 0.1) is 0 Å². The predicted molar refractivity (Wildman–Crippen MR) is 121 cm³/mol. The minimum atomic E-state index is -5.08. The van der Waals surface area contributed by atoms with Gasteiger partial charge in [-0.15, -0.1) is 0 Å². The van der Waals surface area contributed by atoms with Gasteiger partial charge in [-0.25, -0.2) is 17.2 Å². The molecule has 7 nitrogen and oxygen atoms in total. The number of hydrogen-bond donors (Lipinski definition) is 1. The van der Waals surface area contributed by atoms with Crippen LogP contribution in [0.2, 0.25) is 10.2 Å². The number of carbonyl (C=O) groups is 1. The number of likely N-dealkylation sites (tertiary alicyclic amines) is 1. The van der Waals surface area contributed by atoms with Crippen molar-refractivity contribution in [3.8, 4) is 5.75 Å². The number of fused-ring (bicyclic) bond motifs is 1. The zero-order chi connectivity index (χ0) is 25.3. The molecule has 0 amide bonds. The van der Waals surface area contributed by atoms with Crippen molar-refractivity contribution in [2.45, 2.75) is 24.0 Å². The van der Waals surface area contributed by atoms with Crippen LogP contribution in [0.15, 0.2) is 47.4 Å². The van der Waals surface area contributed by atoms with E-state index in [1.165, 1.54) is 12.1 Å². The van der Waals surface area contributed by atoms with Crippen molar-refractivity contribution in [2.75, 3.05) is 20.2 Å². The summed E-state index contributed by atoms with van der Waals surface area (Å²) in [6.45, 7) is 2.62. The van der Waals surface area contributed by atoms with Crippen molar-refractivity contribution < 1.29 is 36.2 Å². The summed E-state index contributed by atoms with van der Waals surface area (Å²) < 4.78 is 64.8. The Kier molecular flexibility index (Phi) is 7.71. The lowest BCUT2D eigenvalue weighted by molar-refractivity contribution is -0.192. The Hall–Kier alpha value is -2.47. The second-order valence-electron chi connectivity index (χ2n) is 7.26. The van der Waals surface area contributed by atoms with Crippen molar-refractivity contribution in [3.05, 3.63) is 58.2 Å². The molecular formula is C21H19Cl2F3N2O5S. The Balaban J connectivity index is 0.000000406. The van der Waals surface area contributed by atoms with Crippen LogP contribution in [0.25, 0.3) is 10.9 Å². The van der Waals surface area contributed by atoms with E-state index in [-0.39, 0.29) is 15.1 Å². The van der Waals surface area contributed by atoms with Crippen molar-refractivity contribution in [1.82, 2.24) is 8.87 Å². The fourth-order valence-corrected chi connectivity index (χ4v) is 5.60. The summed E-state index contributed by atoms with van der Waals surface area (Å²) in [7, 11) is -2.29. The fourth-order valence-electron chi connectivity index (χ4n) is 3.37. The van der Waals surface area contributed by atoms with Crippen molar-refractivity contribution in [1.29, 1.82) is 0 Å². The Labute approximate surface area is 203 Å². The minimum absolute atomic E-state index is 0.0198. The van der Waals surface area contributed by atoms with E-state index < -0.39 is 22.2 Å². The van der Waals surface area contributed by atoms with Gasteiger partial charge in [0, 0.05) is 17.5 Å². The summed E-state index contributed by atoms with van der Waals surface area (Å²) in [5.41, 5.74) is 1.30. The van der Waals surface area contributed by atoms with Crippen molar-refractivity contribution >= 4 is 50.1 Å². The largest absolute Gasteiger partial charge is 0.496 e. The molecule has 1 aromatic heterocycles. The number of ether oxygens (including phenoxy) is 1. The molecule has 1 aliphatic heterocycles. The molecule has 0 atom stereocenters. The smallest absolute Gasteiger partial charge is 0.490 e. The van der Waals surface area contributed by atoms with E-state index in [0.717, 1.165) is 29.0 Å². The van der Waals surface area contributed by atoms with Gasteiger partial charge in [-0.1, -0.05) is 41.4 Å². The molecule has 0 aliphatic carbocycles. The molecule has 4 rings (SSSR count). The van der Waals surface area contributed by atoms with Gasteiger partial charge in [0.2, 0.25) is 0 Å². The Morgan fingerprint density at radius 2 is 1.71 bits per heavy atom. The van der Waals surface area contributed by atoms with Gasteiger partial charge in [0.15, 0.2) is 0 Å². The molecule has 0 bridgehead atoms. The summed E-state index contributed by atoms with van der Waals surface area (Å²) >= 11 is 12.9. The maximum Gasteiger partial charge on any atom is 0.490 e. The van der Waals surface area contributed by atoms with Gasteiger partial charge in [-0.05, 0) is 43.8 Å².